The molecule has 26 heavy (non-hydrogen) atoms. The lowest BCUT2D eigenvalue weighted by Crippen LogP contribution is -2.33. The van der Waals surface area contributed by atoms with Gasteiger partial charge in [0.15, 0.2) is 11.5 Å². The van der Waals surface area contributed by atoms with Gasteiger partial charge in [0.1, 0.15) is 0 Å². The summed E-state index contributed by atoms with van der Waals surface area (Å²) in [5, 5.41) is 8.91. The highest BCUT2D eigenvalue weighted by molar-refractivity contribution is 5.95. The number of aliphatic carboxylic acids is 1. The molecule has 0 aliphatic rings. The number of hydrogen-bond acceptors (Lipinski definition) is 5. The fourth-order valence-corrected chi connectivity index (χ4v) is 2.51. The van der Waals surface area contributed by atoms with Crippen molar-refractivity contribution in [3.05, 3.63) is 17.7 Å². The summed E-state index contributed by atoms with van der Waals surface area (Å²) in [5.74, 6) is 0.172. The Hall–Kier alpha value is -2.44. The van der Waals surface area contributed by atoms with Crippen molar-refractivity contribution in [1.29, 1.82) is 0 Å². The van der Waals surface area contributed by atoms with Crippen LogP contribution in [0.4, 0.5) is 0 Å². The lowest BCUT2D eigenvalue weighted by Gasteiger charge is -2.23. The molecule has 0 bridgehead atoms. The van der Waals surface area contributed by atoms with Crippen LogP contribution in [0.1, 0.15) is 50.9 Å². The second-order valence-electron chi connectivity index (χ2n) is 5.54. The summed E-state index contributed by atoms with van der Waals surface area (Å²) in [5.41, 5.74) is 0.388. The van der Waals surface area contributed by atoms with Crippen LogP contribution in [0.2, 0.25) is 0 Å². The van der Waals surface area contributed by atoms with Gasteiger partial charge in [-0.25, -0.2) is 0 Å². The van der Waals surface area contributed by atoms with Gasteiger partial charge in [-0.05, 0) is 39.3 Å². The van der Waals surface area contributed by atoms with Gasteiger partial charge >= 0.3 is 5.97 Å². The van der Waals surface area contributed by atoms with E-state index in [9.17, 15) is 9.59 Å². The van der Waals surface area contributed by atoms with Crippen LogP contribution < -0.4 is 14.2 Å². The van der Waals surface area contributed by atoms with Crippen molar-refractivity contribution in [1.82, 2.24) is 4.90 Å². The molecule has 1 aromatic rings. The molecule has 1 N–H and O–H groups in total. The number of carboxylic acids is 1. The maximum absolute atomic E-state index is 12.9. The number of nitrogens with zero attached hydrogens (tertiary/aromatic N) is 1. The SMILES string of the molecule is CCCN(CCC(=O)O)C(=O)c1cc(OCC)c(OCC)c(OCC)c1. The zero-order valence-electron chi connectivity index (χ0n) is 16.0. The number of carbonyl (C=O) groups is 2. The molecule has 0 atom stereocenters. The number of ether oxygens (including phenoxy) is 3. The molecule has 7 nitrogen and oxygen atoms in total. The van der Waals surface area contributed by atoms with E-state index in [-0.39, 0.29) is 18.9 Å². The number of benzene rings is 1. The van der Waals surface area contributed by atoms with E-state index in [1.54, 1.807) is 12.1 Å². The highest BCUT2D eigenvalue weighted by Gasteiger charge is 2.22. The van der Waals surface area contributed by atoms with Crippen LogP contribution in [0.3, 0.4) is 0 Å². The van der Waals surface area contributed by atoms with E-state index < -0.39 is 5.97 Å². The Morgan fingerprint density at radius 3 is 1.88 bits per heavy atom. The first kappa shape index (κ1) is 21.6. The predicted molar refractivity (Wildman–Crippen MR) is 98.4 cm³/mol. The molecule has 0 saturated heterocycles. The fourth-order valence-electron chi connectivity index (χ4n) is 2.51. The third kappa shape index (κ3) is 6.13. The standard InChI is InChI=1S/C19H29NO6/c1-5-10-20(11-9-17(21)22)19(23)14-12-15(24-6-2)18(26-8-4)16(13-14)25-7-3/h12-13H,5-11H2,1-4H3,(H,21,22). The van der Waals surface area contributed by atoms with Crippen molar-refractivity contribution in [2.75, 3.05) is 32.9 Å². The van der Waals surface area contributed by atoms with Gasteiger partial charge in [-0.3, -0.25) is 9.59 Å². The molecule has 1 amide bonds. The van der Waals surface area contributed by atoms with Crippen molar-refractivity contribution in [3.63, 3.8) is 0 Å². The summed E-state index contributed by atoms with van der Waals surface area (Å²) in [6.45, 7) is 9.41. The van der Waals surface area contributed by atoms with Crippen molar-refractivity contribution < 1.29 is 28.9 Å². The minimum atomic E-state index is -0.935. The van der Waals surface area contributed by atoms with E-state index in [1.165, 1.54) is 4.90 Å². The molecular formula is C19H29NO6. The molecule has 0 aromatic heterocycles. The zero-order chi connectivity index (χ0) is 19.5. The van der Waals surface area contributed by atoms with Gasteiger partial charge in [0.05, 0.1) is 26.2 Å². The van der Waals surface area contributed by atoms with Crippen LogP contribution in [0, 0.1) is 0 Å². The minimum Gasteiger partial charge on any atom is -0.490 e. The van der Waals surface area contributed by atoms with E-state index in [0.29, 0.717) is 49.2 Å². The average molecular weight is 367 g/mol. The molecule has 0 aliphatic heterocycles. The predicted octanol–water partition coefficient (Wildman–Crippen LogP) is 3.21. The van der Waals surface area contributed by atoms with Gasteiger partial charge in [-0.2, -0.15) is 0 Å². The fraction of sp³-hybridized carbons (Fsp3) is 0.579. The van der Waals surface area contributed by atoms with Crippen LogP contribution in [0.15, 0.2) is 12.1 Å². The number of carbonyl (C=O) groups excluding carboxylic acids is 1. The molecule has 0 aliphatic carbocycles. The monoisotopic (exact) mass is 367 g/mol. The molecule has 0 unspecified atom stereocenters. The van der Waals surface area contributed by atoms with E-state index in [0.717, 1.165) is 6.42 Å². The molecule has 0 heterocycles. The van der Waals surface area contributed by atoms with Gasteiger partial charge < -0.3 is 24.2 Å². The third-order valence-corrected chi connectivity index (χ3v) is 3.53. The minimum absolute atomic E-state index is 0.0978. The topological polar surface area (TPSA) is 85.3 Å². The van der Waals surface area contributed by atoms with E-state index in [1.807, 2.05) is 27.7 Å². The van der Waals surface area contributed by atoms with Crippen LogP contribution in [-0.4, -0.2) is 54.8 Å². The van der Waals surface area contributed by atoms with Gasteiger partial charge in [-0.15, -0.1) is 0 Å². The molecular weight excluding hydrogens is 338 g/mol. The second kappa shape index (κ2) is 11.2. The van der Waals surface area contributed by atoms with Crippen molar-refractivity contribution in [2.24, 2.45) is 0 Å². The Morgan fingerprint density at radius 2 is 1.46 bits per heavy atom. The van der Waals surface area contributed by atoms with E-state index in [2.05, 4.69) is 0 Å². The van der Waals surface area contributed by atoms with Gasteiger partial charge in [0.25, 0.3) is 5.91 Å². The molecule has 0 spiro atoms. The Labute approximate surface area is 154 Å². The molecule has 0 saturated carbocycles. The van der Waals surface area contributed by atoms with Gasteiger partial charge in [-0.1, -0.05) is 6.92 Å². The quantitative estimate of drug-likeness (QED) is 0.611. The Bertz CT molecular complexity index is 575. The zero-order valence-corrected chi connectivity index (χ0v) is 16.0. The number of rotatable bonds is 12. The highest BCUT2D eigenvalue weighted by Crippen LogP contribution is 2.39. The van der Waals surface area contributed by atoms with E-state index in [4.69, 9.17) is 19.3 Å². The smallest absolute Gasteiger partial charge is 0.305 e. The first-order valence-corrected chi connectivity index (χ1v) is 9.05. The van der Waals surface area contributed by atoms with Crippen LogP contribution in [0.5, 0.6) is 17.2 Å². The maximum atomic E-state index is 12.9. The maximum Gasteiger partial charge on any atom is 0.305 e. The first-order valence-electron chi connectivity index (χ1n) is 9.05. The van der Waals surface area contributed by atoms with Gasteiger partial charge in [0.2, 0.25) is 5.75 Å². The molecule has 0 fully saturated rings. The summed E-state index contributed by atoms with van der Waals surface area (Å²) >= 11 is 0. The second-order valence-corrected chi connectivity index (χ2v) is 5.54. The summed E-state index contributed by atoms with van der Waals surface area (Å²) in [4.78, 5) is 25.3. The number of amides is 1. The lowest BCUT2D eigenvalue weighted by atomic mass is 10.1. The molecule has 7 heteroatoms. The highest BCUT2D eigenvalue weighted by atomic mass is 16.5. The average Bonchev–Trinajstić information content (AvgIpc) is 2.60. The summed E-state index contributed by atoms with van der Waals surface area (Å²) in [6.07, 6.45) is 0.637. The largest absolute Gasteiger partial charge is 0.490 e. The Balaban J connectivity index is 3.25. The van der Waals surface area contributed by atoms with Crippen molar-refractivity contribution in [2.45, 2.75) is 40.5 Å². The molecule has 1 aromatic carbocycles. The van der Waals surface area contributed by atoms with Gasteiger partial charge in [0, 0.05) is 18.7 Å². The Kier molecular flexibility index (Phi) is 9.33. The number of carboxylic acid groups (broad SMARTS) is 1. The van der Waals surface area contributed by atoms with Crippen molar-refractivity contribution >= 4 is 11.9 Å². The number of hydrogen-bond donors (Lipinski definition) is 1. The molecule has 146 valence electrons. The summed E-state index contributed by atoms with van der Waals surface area (Å²) in [6, 6.07) is 3.26. The van der Waals surface area contributed by atoms with Crippen LogP contribution in [-0.2, 0) is 4.79 Å². The molecule has 1 rings (SSSR count). The lowest BCUT2D eigenvalue weighted by molar-refractivity contribution is -0.137. The summed E-state index contributed by atoms with van der Waals surface area (Å²) < 4.78 is 16.9. The normalized spacial score (nSPS) is 10.3. The van der Waals surface area contributed by atoms with E-state index >= 15 is 0 Å². The molecule has 0 radical (unpaired) electrons. The summed E-state index contributed by atoms with van der Waals surface area (Å²) in [7, 11) is 0. The van der Waals surface area contributed by atoms with Crippen LogP contribution >= 0.6 is 0 Å². The Morgan fingerprint density at radius 1 is 0.923 bits per heavy atom. The van der Waals surface area contributed by atoms with Crippen LogP contribution in [0.25, 0.3) is 0 Å². The first-order chi connectivity index (χ1) is 12.5. The third-order valence-electron chi connectivity index (χ3n) is 3.53. The van der Waals surface area contributed by atoms with Crippen molar-refractivity contribution in [3.8, 4) is 17.2 Å².